The average Bonchev–Trinajstić information content (AvgIpc) is 2.35. The molecule has 0 aliphatic rings. The Bertz CT molecular complexity index is 579. The lowest BCUT2D eigenvalue weighted by Gasteiger charge is -2.10. The highest BCUT2D eigenvalue weighted by molar-refractivity contribution is 6.03. The highest BCUT2D eigenvalue weighted by Gasteiger charge is 2.11. The molecule has 0 radical (unpaired) electrons. The Morgan fingerprint density at radius 3 is 2.56 bits per heavy atom. The molecule has 0 heterocycles. The normalized spacial score (nSPS) is 12.3. The van der Waals surface area contributed by atoms with E-state index in [2.05, 4.69) is 5.32 Å². The molecule has 0 fully saturated rings. The van der Waals surface area contributed by atoms with E-state index in [9.17, 15) is 4.79 Å². The SMILES string of the molecule is C[C@H](O)CNC(=O)c1cc2ccccc2cc1N. The number of carbonyl (C=O) groups excluding carboxylic acids is 1. The second kappa shape index (κ2) is 5.06. The number of amides is 1. The number of fused-ring (bicyclic) bond motifs is 1. The van der Waals surface area contributed by atoms with Gasteiger partial charge in [0.1, 0.15) is 0 Å². The quantitative estimate of drug-likeness (QED) is 0.717. The van der Waals surface area contributed by atoms with E-state index in [4.69, 9.17) is 10.8 Å². The highest BCUT2D eigenvalue weighted by atomic mass is 16.3. The molecule has 0 saturated carbocycles. The summed E-state index contributed by atoms with van der Waals surface area (Å²) >= 11 is 0. The maximum absolute atomic E-state index is 11.9. The van der Waals surface area contributed by atoms with Gasteiger partial charge in [-0.25, -0.2) is 0 Å². The van der Waals surface area contributed by atoms with Gasteiger partial charge in [0.05, 0.1) is 11.7 Å². The van der Waals surface area contributed by atoms with E-state index in [-0.39, 0.29) is 12.5 Å². The molecule has 0 saturated heterocycles. The fourth-order valence-electron chi connectivity index (χ4n) is 1.79. The smallest absolute Gasteiger partial charge is 0.253 e. The molecule has 2 aromatic carbocycles. The lowest BCUT2D eigenvalue weighted by Crippen LogP contribution is -2.31. The van der Waals surface area contributed by atoms with Crippen molar-refractivity contribution >= 4 is 22.4 Å². The summed E-state index contributed by atoms with van der Waals surface area (Å²) in [4.78, 5) is 11.9. The molecule has 0 spiro atoms. The van der Waals surface area contributed by atoms with Crippen LogP contribution in [0.1, 0.15) is 17.3 Å². The lowest BCUT2D eigenvalue weighted by atomic mass is 10.0. The standard InChI is InChI=1S/C14H16N2O2/c1-9(17)8-16-14(18)12-6-10-4-2-3-5-11(10)7-13(12)15/h2-7,9,17H,8,15H2,1H3,(H,16,18)/t9-/m0/s1. The molecule has 4 nitrogen and oxygen atoms in total. The molecule has 4 heteroatoms. The van der Waals surface area contributed by atoms with Crippen LogP contribution in [0.5, 0.6) is 0 Å². The van der Waals surface area contributed by atoms with Crippen LogP contribution in [0.25, 0.3) is 10.8 Å². The van der Waals surface area contributed by atoms with E-state index in [1.54, 1.807) is 19.1 Å². The number of hydrogen-bond acceptors (Lipinski definition) is 3. The molecule has 0 aliphatic carbocycles. The van der Waals surface area contributed by atoms with Crippen LogP contribution in [0.2, 0.25) is 0 Å². The molecule has 1 atom stereocenters. The van der Waals surface area contributed by atoms with E-state index in [0.29, 0.717) is 11.3 Å². The molecule has 0 aromatic heterocycles. The van der Waals surface area contributed by atoms with E-state index in [1.807, 2.05) is 24.3 Å². The molecular formula is C14H16N2O2. The van der Waals surface area contributed by atoms with Crippen molar-refractivity contribution in [1.82, 2.24) is 5.32 Å². The van der Waals surface area contributed by atoms with E-state index >= 15 is 0 Å². The molecule has 18 heavy (non-hydrogen) atoms. The van der Waals surface area contributed by atoms with Gasteiger partial charge in [-0.3, -0.25) is 4.79 Å². The number of nitrogen functional groups attached to an aromatic ring is 1. The second-order valence-corrected chi connectivity index (χ2v) is 4.35. The fourth-order valence-corrected chi connectivity index (χ4v) is 1.79. The summed E-state index contributed by atoms with van der Waals surface area (Å²) < 4.78 is 0. The second-order valence-electron chi connectivity index (χ2n) is 4.35. The van der Waals surface area contributed by atoms with E-state index < -0.39 is 6.10 Å². The average molecular weight is 244 g/mol. The minimum absolute atomic E-state index is 0.213. The number of carbonyl (C=O) groups is 1. The minimum Gasteiger partial charge on any atom is -0.398 e. The van der Waals surface area contributed by atoms with Crippen molar-refractivity contribution < 1.29 is 9.90 Å². The molecule has 4 N–H and O–H groups in total. The zero-order valence-electron chi connectivity index (χ0n) is 10.2. The first-order chi connectivity index (χ1) is 8.58. The van der Waals surface area contributed by atoms with Crippen LogP contribution in [0.3, 0.4) is 0 Å². The van der Waals surface area contributed by atoms with Crippen molar-refractivity contribution in [2.24, 2.45) is 0 Å². The Balaban J connectivity index is 2.32. The summed E-state index contributed by atoms with van der Waals surface area (Å²) in [7, 11) is 0. The number of anilines is 1. The molecular weight excluding hydrogens is 228 g/mol. The number of rotatable bonds is 3. The summed E-state index contributed by atoms with van der Waals surface area (Å²) in [5.41, 5.74) is 6.75. The Morgan fingerprint density at radius 2 is 1.94 bits per heavy atom. The van der Waals surface area contributed by atoms with Gasteiger partial charge in [-0.1, -0.05) is 24.3 Å². The fraction of sp³-hybridized carbons (Fsp3) is 0.214. The Hall–Kier alpha value is -2.07. The molecule has 94 valence electrons. The van der Waals surface area contributed by atoms with Gasteiger partial charge >= 0.3 is 0 Å². The van der Waals surface area contributed by atoms with Crippen LogP contribution < -0.4 is 11.1 Å². The third-order valence-electron chi connectivity index (χ3n) is 2.72. The number of nitrogens with two attached hydrogens (primary N) is 1. The van der Waals surface area contributed by atoms with Crippen LogP contribution in [0.15, 0.2) is 36.4 Å². The van der Waals surface area contributed by atoms with Crippen LogP contribution in [-0.2, 0) is 0 Å². The summed E-state index contributed by atoms with van der Waals surface area (Å²) in [5, 5.41) is 13.7. The van der Waals surface area contributed by atoms with Gasteiger partial charge in [0.2, 0.25) is 0 Å². The maximum Gasteiger partial charge on any atom is 0.253 e. The van der Waals surface area contributed by atoms with Gasteiger partial charge in [-0.15, -0.1) is 0 Å². The van der Waals surface area contributed by atoms with Crippen LogP contribution in [0, 0.1) is 0 Å². The number of hydrogen-bond donors (Lipinski definition) is 3. The predicted octanol–water partition coefficient (Wildman–Crippen LogP) is 1.53. The monoisotopic (exact) mass is 244 g/mol. The van der Waals surface area contributed by atoms with Crippen molar-refractivity contribution in [2.75, 3.05) is 12.3 Å². The van der Waals surface area contributed by atoms with E-state index in [0.717, 1.165) is 10.8 Å². The van der Waals surface area contributed by atoms with Gasteiger partial charge in [0.15, 0.2) is 0 Å². The highest BCUT2D eigenvalue weighted by Crippen LogP contribution is 2.21. The van der Waals surface area contributed by atoms with Crippen LogP contribution in [-0.4, -0.2) is 23.7 Å². The summed E-state index contributed by atoms with van der Waals surface area (Å²) in [6, 6.07) is 11.3. The molecule has 0 bridgehead atoms. The molecule has 1 amide bonds. The molecule has 2 aromatic rings. The predicted molar refractivity (Wildman–Crippen MR) is 72.4 cm³/mol. The summed E-state index contributed by atoms with van der Waals surface area (Å²) in [6.45, 7) is 1.83. The first-order valence-electron chi connectivity index (χ1n) is 5.82. The first kappa shape index (κ1) is 12.4. The molecule has 0 aliphatic heterocycles. The van der Waals surface area contributed by atoms with Crippen molar-refractivity contribution in [3.8, 4) is 0 Å². The third kappa shape index (κ3) is 2.60. The van der Waals surface area contributed by atoms with E-state index in [1.165, 1.54) is 0 Å². The largest absolute Gasteiger partial charge is 0.398 e. The van der Waals surface area contributed by atoms with Crippen molar-refractivity contribution in [3.63, 3.8) is 0 Å². The van der Waals surface area contributed by atoms with Gasteiger partial charge < -0.3 is 16.2 Å². The summed E-state index contributed by atoms with van der Waals surface area (Å²) in [6.07, 6.45) is -0.573. The van der Waals surface area contributed by atoms with Crippen molar-refractivity contribution in [3.05, 3.63) is 42.0 Å². The Labute approximate surface area is 105 Å². The van der Waals surface area contributed by atoms with Crippen molar-refractivity contribution in [1.29, 1.82) is 0 Å². The zero-order chi connectivity index (χ0) is 13.1. The number of aliphatic hydroxyl groups excluding tert-OH is 1. The number of nitrogens with one attached hydrogen (secondary N) is 1. The van der Waals surface area contributed by atoms with Crippen molar-refractivity contribution in [2.45, 2.75) is 13.0 Å². The Kier molecular flexibility index (Phi) is 3.48. The van der Waals surface area contributed by atoms with Gasteiger partial charge in [-0.05, 0) is 29.8 Å². The van der Waals surface area contributed by atoms with Crippen LogP contribution >= 0.6 is 0 Å². The van der Waals surface area contributed by atoms with Gasteiger partial charge in [0, 0.05) is 12.2 Å². The minimum atomic E-state index is -0.573. The number of aliphatic hydroxyl groups is 1. The first-order valence-corrected chi connectivity index (χ1v) is 5.82. The van der Waals surface area contributed by atoms with Crippen LogP contribution in [0.4, 0.5) is 5.69 Å². The molecule has 2 rings (SSSR count). The lowest BCUT2D eigenvalue weighted by molar-refractivity contribution is 0.0925. The third-order valence-corrected chi connectivity index (χ3v) is 2.72. The summed E-state index contributed by atoms with van der Waals surface area (Å²) in [5.74, 6) is -0.265. The topological polar surface area (TPSA) is 75.3 Å². The maximum atomic E-state index is 11.9. The zero-order valence-corrected chi connectivity index (χ0v) is 10.2. The Morgan fingerprint density at radius 1 is 1.33 bits per heavy atom. The molecule has 0 unspecified atom stereocenters. The van der Waals surface area contributed by atoms with Gasteiger partial charge in [0.25, 0.3) is 5.91 Å². The van der Waals surface area contributed by atoms with Gasteiger partial charge in [-0.2, -0.15) is 0 Å². The number of benzene rings is 2.